The van der Waals surface area contributed by atoms with Crippen molar-refractivity contribution in [1.82, 2.24) is 15.1 Å². The molecule has 252 valence electrons. The minimum atomic E-state index is -0.919. The predicted molar refractivity (Wildman–Crippen MR) is 174 cm³/mol. The maximum absolute atomic E-state index is 12.8. The number of hydrogen-bond donors (Lipinski definition) is 3. The Morgan fingerprint density at radius 2 is 1.50 bits per heavy atom. The number of carboxylic acids is 1. The van der Waals surface area contributed by atoms with E-state index in [1.165, 1.54) is 21.6 Å². The number of nitrogens with two attached hydrogens (primary N) is 1. The van der Waals surface area contributed by atoms with Crippen LogP contribution in [0.2, 0.25) is 0 Å². The number of nitrogens with zero attached hydrogens (tertiary/aromatic N) is 2. The zero-order chi connectivity index (χ0) is 34.5. The number of aliphatic carboxylic acids is 1. The van der Waals surface area contributed by atoms with Crippen molar-refractivity contribution in [2.24, 2.45) is 11.1 Å². The van der Waals surface area contributed by atoms with Crippen LogP contribution in [0.1, 0.15) is 60.1 Å². The number of esters is 2. The largest absolute Gasteiger partial charge is 0.480 e. The molecule has 4 aliphatic rings. The van der Waals surface area contributed by atoms with Crippen LogP contribution >= 0.6 is 39.5 Å². The summed E-state index contributed by atoms with van der Waals surface area (Å²) in [5, 5.41) is 11.3. The number of benzene rings is 1. The molecule has 4 saturated heterocycles. The molecule has 7 atom stereocenters. The molecule has 0 aliphatic carbocycles. The van der Waals surface area contributed by atoms with Gasteiger partial charge in [0.2, 0.25) is 24.5 Å². The molecule has 0 bridgehead atoms. The van der Waals surface area contributed by atoms with E-state index in [0.717, 1.165) is 0 Å². The van der Waals surface area contributed by atoms with Gasteiger partial charge in [0.25, 0.3) is 0 Å². The molecular weight excluding hydrogens is 704 g/mol. The summed E-state index contributed by atoms with van der Waals surface area (Å²) in [7, 11) is 0. The maximum atomic E-state index is 12.8. The molecule has 0 radical (unpaired) electrons. The van der Waals surface area contributed by atoms with E-state index in [1.807, 2.05) is 33.8 Å². The van der Waals surface area contributed by atoms with Gasteiger partial charge in [-0.05, 0) is 54.0 Å². The van der Waals surface area contributed by atoms with E-state index in [4.69, 9.17) is 20.3 Å². The summed E-state index contributed by atoms with van der Waals surface area (Å²) in [5.74, 6) is -3.03. The van der Waals surface area contributed by atoms with Gasteiger partial charge in [-0.3, -0.25) is 19.2 Å². The van der Waals surface area contributed by atoms with E-state index in [2.05, 4.69) is 21.2 Å². The number of carbonyl (C=O) groups excluding carboxylic acids is 5. The van der Waals surface area contributed by atoms with E-state index in [1.54, 1.807) is 56.8 Å². The normalized spacial score (nSPS) is 29.2. The van der Waals surface area contributed by atoms with Gasteiger partial charge in [0.05, 0.1) is 5.41 Å². The molecule has 0 unspecified atom stereocenters. The van der Waals surface area contributed by atoms with Crippen LogP contribution in [0, 0.1) is 5.41 Å². The third kappa shape index (κ3) is 6.76. The second-order valence-corrected chi connectivity index (χ2v) is 17.9. The fraction of sp³-hybridized carbons (Fsp3) is 0.600. The van der Waals surface area contributed by atoms with Crippen molar-refractivity contribution in [2.45, 2.75) is 97.7 Å². The van der Waals surface area contributed by atoms with E-state index in [-0.39, 0.29) is 22.0 Å². The van der Waals surface area contributed by atoms with E-state index >= 15 is 0 Å². The Hall–Kier alpha value is -2.82. The number of ether oxygens (including phenoxy) is 2. The summed E-state index contributed by atoms with van der Waals surface area (Å²) in [5.41, 5.74) is 5.94. The molecule has 1 aromatic carbocycles. The first-order valence-electron chi connectivity index (χ1n) is 14.5. The lowest BCUT2D eigenvalue weighted by atomic mass is 9.95. The van der Waals surface area contributed by atoms with Crippen molar-refractivity contribution in [3.05, 3.63) is 35.9 Å². The highest BCUT2D eigenvalue weighted by Gasteiger charge is 2.65. The highest BCUT2D eigenvalue weighted by molar-refractivity contribution is 9.10. The number of carboxylic acid groups (broad SMARTS) is 1. The zero-order valence-corrected chi connectivity index (χ0v) is 29.7. The first-order chi connectivity index (χ1) is 21.2. The van der Waals surface area contributed by atoms with Crippen LogP contribution in [0.5, 0.6) is 0 Å². The molecule has 0 saturated carbocycles. The monoisotopic (exact) mass is 742 g/mol. The minimum absolute atomic E-state index is 0.0152. The summed E-state index contributed by atoms with van der Waals surface area (Å²) in [6, 6.07) is 5.62. The summed E-state index contributed by atoms with van der Waals surface area (Å²) >= 11 is 6.20. The van der Waals surface area contributed by atoms with E-state index < -0.39 is 75.1 Å². The second-order valence-electron chi connectivity index (χ2n) is 13.4. The quantitative estimate of drug-likeness (QED) is 0.160. The van der Waals surface area contributed by atoms with Gasteiger partial charge in [-0.2, -0.15) is 0 Å². The molecular formula is C30H39BrN4O9S2. The highest BCUT2D eigenvalue weighted by Crippen LogP contribution is 2.53. The van der Waals surface area contributed by atoms with Gasteiger partial charge in [-0.1, -0.05) is 46.3 Å². The van der Waals surface area contributed by atoms with Crippen molar-refractivity contribution in [3.63, 3.8) is 0 Å². The molecule has 0 spiro atoms. The Labute approximate surface area is 284 Å². The number of hydrogen-bond acceptors (Lipinski definition) is 11. The van der Waals surface area contributed by atoms with Crippen LogP contribution < -0.4 is 11.1 Å². The molecule has 4 N–H and O–H groups in total. The van der Waals surface area contributed by atoms with Gasteiger partial charge in [0, 0.05) is 9.49 Å². The van der Waals surface area contributed by atoms with E-state index in [9.17, 15) is 28.8 Å². The number of amides is 3. The van der Waals surface area contributed by atoms with Crippen molar-refractivity contribution in [3.8, 4) is 0 Å². The maximum Gasteiger partial charge on any atom is 0.333 e. The van der Waals surface area contributed by atoms with Gasteiger partial charge >= 0.3 is 17.9 Å². The van der Waals surface area contributed by atoms with Crippen LogP contribution in [0.4, 0.5) is 0 Å². The predicted octanol–water partition coefficient (Wildman–Crippen LogP) is 2.22. The molecule has 4 fully saturated rings. The standard InChI is InChI=1S/C22H29N3O6S.C8H10BrNO3S/c1-21(2,3)20(29)31-11-30-19(28)15-22(4,5)32-18-14(17(27)25(15)18)24-16(26)13(23)12-9-7-6-8-10-12;1-8(2)4(7(12)13)10-5(11)3(9)6(10)14-8/h6-10,13-15,18H,11,23H2,1-5H3,(H,24,26);3-4,6H,1-2H3,(H,12,13)/t13-,14+,15-,18+;3-,4+,6-/m01/s1. The number of carbonyl (C=O) groups is 6. The van der Waals surface area contributed by atoms with Crippen molar-refractivity contribution in [1.29, 1.82) is 0 Å². The van der Waals surface area contributed by atoms with Crippen molar-refractivity contribution in [2.75, 3.05) is 6.79 Å². The Morgan fingerprint density at radius 1 is 0.957 bits per heavy atom. The first-order valence-corrected chi connectivity index (χ1v) is 17.2. The molecule has 4 heterocycles. The second kappa shape index (κ2) is 13.0. The number of rotatable bonds is 7. The van der Waals surface area contributed by atoms with Crippen LogP contribution in [-0.4, -0.2) is 101 Å². The Balaban J connectivity index is 0.000000284. The highest BCUT2D eigenvalue weighted by atomic mass is 79.9. The molecule has 13 nitrogen and oxygen atoms in total. The number of β-lactam (4-membered cyclic amide) rings is 2. The van der Waals surface area contributed by atoms with Gasteiger partial charge in [-0.15, -0.1) is 23.5 Å². The molecule has 46 heavy (non-hydrogen) atoms. The Bertz CT molecular complexity index is 1420. The average Bonchev–Trinajstić information content (AvgIpc) is 3.40. The zero-order valence-electron chi connectivity index (χ0n) is 26.5. The van der Waals surface area contributed by atoms with Crippen LogP contribution in [0.15, 0.2) is 30.3 Å². The number of thioether (sulfide) groups is 2. The molecule has 5 rings (SSSR count). The molecule has 16 heteroatoms. The van der Waals surface area contributed by atoms with Gasteiger partial charge < -0.3 is 35.4 Å². The SMILES string of the molecule is CC(C)(C)C(=O)OCOC(=O)[C@@H]1N2C(=O)[C@@H](NC(=O)[C@@H](N)c3ccccc3)[C@H]2SC1(C)C.CC1(C)S[C@@H]2[C@H](Br)C(=O)N2[C@H]1C(=O)O. The third-order valence-electron chi connectivity index (χ3n) is 8.02. The lowest BCUT2D eigenvalue weighted by Crippen LogP contribution is -2.71. The average molecular weight is 744 g/mol. The number of halogens is 1. The van der Waals surface area contributed by atoms with Gasteiger partial charge in [0.15, 0.2) is 0 Å². The molecule has 3 amide bonds. The molecule has 0 aromatic heterocycles. The number of alkyl halides is 1. The van der Waals surface area contributed by atoms with Crippen molar-refractivity contribution >= 4 is 75.1 Å². The number of nitrogens with one attached hydrogen (secondary N) is 1. The molecule has 1 aromatic rings. The lowest BCUT2D eigenvalue weighted by molar-refractivity contribution is -0.180. The lowest BCUT2D eigenvalue weighted by Gasteiger charge is -2.44. The smallest absolute Gasteiger partial charge is 0.333 e. The fourth-order valence-corrected chi connectivity index (χ4v) is 9.56. The Morgan fingerprint density at radius 3 is 2.07 bits per heavy atom. The third-order valence-corrected chi connectivity index (χ3v) is 12.4. The minimum Gasteiger partial charge on any atom is -0.480 e. The summed E-state index contributed by atoms with van der Waals surface area (Å²) in [4.78, 5) is 75.1. The van der Waals surface area contributed by atoms with Crippen LogP contribution in [0.25, 0.3) is 0 Å². The van der Waals surface area contributed by atoms with Gasteiger partial charge in [-0.25, -0.2) is 9.59 Å². The molecule has 4 aliphatic heterocycles. The Kier molecular flexibility index (Phi) is 10.2. The first kappa shape index (κ1) is 36.0. The van der Waals surface area contributed by atoms with Crippen molar-refractivity contribution < 1.29 is 43.3 Å². The van der Waals surface area contributed by atoms with Crippen LogP contribution in [0.3, 0.4) is 0 Å². The van der Waals surface area contributed by atoms with Crippen LogP contribution in [-0.2, 0) is 38.2 Å². The number of fused-ring (bicyclic) bond motifs is 2. The summed E-state index contributed by atoms with van der Waals surface area (Å²) < 4.78 is 9.07. The van der Waals surface area contributed by atoms with E-state index in [0.29, 0.717) is 5.56 Å². The fourth-order valence-electron chi connectivity index (χ4n) is 5.58. The topological polar surface area (TPSA) is 186 Å². The summed E-state index contributed by atoms with van der Waals surface area (Å²) in [6.07, 6.45) is 0. The van der Waals surface area contributed by atoms with Gasteiger partial charge in [0.1, 0.15) is 39.7 Å². The summed E-state index contributed by atoms with van der Waals surface area (Å²) in [6.45, 7) is 11.9.